The van der Waals surface area contributed by atoms with Crippen molar-refractivity contribution in [2.45, 2.75) is 0 Å². The van der Waals surface area contributed by atoms with E-state index < -0.39 is 0 Å². The number of rotatable bonds is 3. The molecular weight excluding hydrogens is 601 g/mol. The number of benzene rings is 8. The zero-order valence-corrected chi connectivity index (χ0v) is 26.2. The minimum Gasteiger partial charge on any atom is -0.456 e. The normalized spacial score (nSPS) is 12.1. The van der Waals surface area contributed by atoms with E-state index in [1.807, 2.05) is 24.3 Å². The molecule has 0 saturated carbocycles. The number of hydrogen-bond donors (Lipinski definition) is 0. The summed E-state index contributed by atoms with van der Waals surface area (Å²) in [5.74, 6) is 0.856. The van der Waals surface area contributed by atoms with Crippen LogP contribution in [-0.4, -0.2) is 0 Å². The maximum atomic E-state index is 7.20. The van der Waals surface area contributed by atoms with E-state index in [0.29, 0.717) is 0 Å². The van der Waals surface area contributed by atoms with Gasteiger partial charge in [-0.15, -0.1) is 0 Å². The summed E-state index contributed by atoms with van der Waals surface area (Å²) in [5, 5.41) is 9.97. The van der Waals surface area contributed by atoms with Gasteiger partial charge < -0.3 is 13.3 Å². The van der Waals surface area contributed by atoms with Gasteiger partial charge in [0.05, 0.1) is 5.39 Å². The van der Waals surface area contributed by atoms with Crippen molar-refractivity contribution < 1.29 is 13.3 Å². The van der Waals surface area contributed by atoms with E-state index in [2.05, 4.69) is 133 Å². The molecule has 0 aliphatic rings. The van der Waals surface area contributed by atoms with Crippen LogP contribution in [0.15, 0.2) is 171 Å². The van der Waals surface area contributed by atoms with Gasteiger partial charge in [0, 0.05) is 32.7 Å². The lowest BCUT2D eigenvalue weighted by Gasteiger charge is -2.17. The third kappa shape index (κ3) is 3.73. The standard InChI is InChI=1S/C46H26O3/c1-2-12-27(13-3-1)42-35-23-25-40-44(34-19-9-11-21-38(34)48-40)45(35)49-46(42)43-32-17-6-4-15-30(32)41(31-16-5-7-18-33(31)43)28-22-24-39-36(26-28)29-14-8-10-20-37(29)47-39/h1-26H. The molecule has 0 bridgehead atoms. The van der Waals surface area contributed by atoms with Crippen molar-refractivity contribution in [1.82, 2.24) is 0 Å². The highest BCUT2D eigenvalue weighted by Gasteiger charge is 2.26. The minimum atomic E-state index is 0.820. The van der Waals surface area contributed by atoms with Crippen LogP contribution in [0.5, 0.6) is 0 Å². The summed E-state index contributed by atoms with van der Waals surface area (Å²) in [6.45, 7) is 0. The lowest BCUT2D eigenvalue weighted by molar-refractivity contribution is 0.636. The monoisotopic (exact) mass is 626 g/mol. The Labute approximate surface area is 280 Å². The molecule has 3 nitrogen and oxygen atoms in total. The Bertz CT molecular complexity index is 3040. The van der Waals surface area contributed by atoms with Gasteiger partial charge in [-0.05, 0) is 74.6 Å². The van der Waals surface area contributed by atoms with E-state index in [1.54, 1.807) is 0 Å². The Morgan fingerprint density at radius 1 is 0.286 bits per heavy atom. The Morgan fingerprint density at radius 2 is 0.816 bits per heavy atom. The van der Waals surface area contributed by atoms with Crippen LogP contribution >= 0.6 is 0 Å². The molecule has 0 N–H and O–H groups in total. The van der Waals surface area contributed by atoms with E-state index >= 15 is 0 Å². The van der Waals surface area contributed by atoms with E-state index in [-0.39, 0.29) is 0 Å². The van der Waals surface area contributed by atoms with Gasteiger partial charge in [-0.3, -0.25) is 0 Å². The topological polar surface area (TPSA) is 39.4 Å². The van der Waals surface area contributed by atoms with Crippen LogP contribution in [0, 0.1) is 0 Å². The molecule has 0 saturated heterocycles. The third-order valence-electron chi connectivity index (χ3n) is 10.1. The van der Waals surface area contributed by atoms with Crippen molar-refractivity contribution >= 4 is 76.4 Å². The van der Waals surface area contributed by atoms with Gasteiger partial charge in [-0.2, -0.15) is 0 Å². The van der Waals surface area contributed by atoms with E-state index in [9.17, 15) is 0 Å². The first-order valence-electron chi connectivity index (χ1n) is 16.6. The van der Waals surface area contributed by atoms with Crippen molar-refractivity contribution in [1.29, 1.82) is 0 Å². The Kier molecular flexibility index (Phi) is 5.38. The van der Waals surface area contributed by atoms with Crippen LogP contribution in [0.4, 0.5) is 0 Å². The zero-order chi connectivity index (χ0) is 32.1. The van der Waals surface area contributed by atoms with Gasteiger partial charge >= 0.3 is 0 Å². The van der Waals surface area contributed by atoms with Crippen LogP contribution < -0.4 is 0 Å². The molecule has 11 rings (SSSR count). The summed E-state index contributed by atoms with van der Waals surface area (Å²) < 4.78 is 19.7. The van der Waals surface area contributed by atoms with Crippen LogP contribution in [0.3, 0.4) is 0 Å². The molecule has 0 aliphatic heterocycles. The molecule has 0 aliphatic carbocycles. The highest BCUT2D eigenvalue weighted by Crippen LogP contribution is 2.51. The quantitative estimate of drug-likeness (QED) is 0.183. The second-order valence-electron chi connectivity index (χ2n) is 12.7. The average molecular weight is 627 g/mol. The predicted molar refractivity (Wildman–Crippen MR) is 202 cm³/mol. The number of furan rings is 3. The molecule has 49 heavy (non-hydrogen) atoms. The molecule has 228 valence electrons. The Balaban J connectivity index is 1.29. The van der Waals surface area contributed by atoms with Crippen molar-refractivity contribution in [3.8, 4) is 33.6 Å². The maximum absolute atomic E-state index is 7.20. The van der Waals surface area contributed by atoms with Gasteiger partial charge in [-0.25, -0.2) is 0 Å². The second-order valence-corrected chi connectivity index (χ2v) is 12.7. The summed E-state index contributed by atoms with van der Waals surface area (Å²) >= 11 is 0. The molecule has 11 aromatic rings. The van der Waals surface area contributed by atoms with Crippen molar-refractivity contribution in [2.75, 3.05) is 0 Å². The highest BCUT2D eigenvalue weighted by atomic mass is 16.3. The van der Waals surface area contributed by atoms with Crippen LogP contribution in [-0.2, 0) is 0 Å². The SMILES string of the molecule is c1ccc(-c2c(-c3c4ccccc4c(-c4ccc5oc6ccccc6c5c4)c4ccccc34)oc3c2ccc2oc4ccccc4c23)cc1. The first-order valence-corrected chi connectivity index (χ1v) is 16.6. The lowest BCUT2D eigenvalue weighted by atomic mass is 9.86. The predicted octanol–water partition coefficient (Wildman–Crippen LogP) is 13.5. The average Bonchev–Trinajstić information content (AvgIpc) is 3.85. The highest BCUT2D eigenvalue weighted by molar-refractivity contribution is 6.26. The van der Waals surface area contributed by atoms with Crippen molar-refractivity contribution in [3.63, 3.8) is 0 Å². The van der Waals surface area contributed by atoms with E-state index in [1.165, 1.54) is 16.3 Å². The molecule has 0 radical (unpaired) electrons. The summed E-state index contributed by atoms with van der Waals surface area (Å²) in [5.41, 5.74) is 9.93. The first kappa shape index (κ1) is 26.5. The van der Waals surface area contributed by atoms with Crippen LogP contribution in [0.25, 0.3) is 110 Å². The van der Waals surface area contributed by atoms with Crippen molar-refractivity contribution in [2.24, 2.45) is 0 Å². The summed E-state index contributed by atoms with van der Waals surface area (Å²) in [7, 11) is 0. The lowest BCUT2D eigenvalue weighted by Crippen LogP contribution is -1.91. The summed E-state index contributed by atoms with van der Waals surface area (Å²) in [6, 6.07) is 55.4. The zero-order valence-electron chi connectivity index (χ0n) is 26.2. The van der Waals surface area contributed by atoms with Gasteiger partial charge in [0.2, 0.25) is 0 Å². The summed E-state index contributed by atoms with van der Waals surface area (Å²) in [6.07, 6.45) is 0. The van der Waals surface area contributed by atoms with E-state index in [4.69, 9.17) is 13.3 Å². The molecule has 3 heterocycles. The molecular formula is C46H26O3. The molecule has 0 atom stereocenters. The van der Waals surface area contributed by atoms with Crippen LogP contribution in [0.2, 0.25) is 0 Å². The molecule has 3 heteroatoms. The summed E-state index contributed by atoms with van der Waals surface area (Å²) in [4.78, 5) is 0. The van der Waals surface area contributed by atoms with E-state index in [0.717, 1.165) is 93.6 Å². The van der Waals surface area contributed by atoms with Gasteiger partial charge in [0.1, 0.15) is 33.7 Å². The fourth-order valence-electron chi connectivity index (χ4n) is 8.00. The molecule has 0 amide bonds. The first-order chi connectivity index (χ1) is 24.3. The van der Waals surface area contributed by atoms with Crippen LogP contribution in [0.1, 0.15) is 0 Å². The maximum Gasteiger partial charge on any atom is 0.147 e. The molecule has 3 aromatic heterocycles. The smallest absolute Gasteiger partial charge is 0.147 e. The fraction of sp³-hybridized carbons (Fsp3) is 0. The number of fused-ring (bicyclic) bond motifs is 10. The number of para-hydroxylation sites is 2. The Morgan fingerprint density at radius 3 is 1.53 bits per heavy atom. The Hall–Kier alpha value is -6.58. The minimum absolute atomic E-state index is 0.820. The van der Waals surface area contributed by atoms with Gasteiger partial charge in [-0.1, -0.05) is 121 Å². The van der Waals surface area contributed by atoms with Gasteiger partial charge in [0.15, 0.2) is 0 Å². The van der Waals surface area contributed by atoms with Crippen molar-refractivity contribution in [3.05, 3.63) is 158 Å². The largest absolute Gasteiger partial charge is 0.456 e. The molecule has 0 unspecified atom stereocenters. The third-order valence-corrected chi connectivity index (χ3v) is 10.1. The molecule has 8 aromatic carbocycles. The fourth-order valence-corrected chi connectivity index (χ4v) is 8.00. The number of hydrogen-bond acceptors (Lipinski definition) is 3. The second kappa shape index (κ2) is 9.96. The van der Waals surface area contributed by atoms with Gasteiger partial charge in [0.25, 0.3) is 0 Å². The molecule has 0 spiro atoms. The molecule has 0 fully saturated rings.